The monoisotopic (exact) mass is 282 g/mol. The van der Waals surface area contributed by atoms with Crippen molar-refractivity contribution in [1.29, 1.82) is 0 Å². The predicted molar refractivity (Wildman–Crippen MR) is 73.2 cm³/mol. The second-order valence-electron chi connectivity index (χ2n) is 4.61. The maximum absolute atomic E-state index is 3.58. The van der Waals surface area contributed by atoms with Crippen LogP contribution in [0.2, 0.25) is 0 Å². The van der Waals surface area contributed by atoms with Crippen LogP contribution in [0.15, 0.2) is 22.7 Å². The summed E-state index contributed by atoms with van der Waals surface area (Å²) in [5.41, 5.74) is 2.57. The molecule has 1 N–H and O–H groups in total. The number of halogens is 1. The zero-order valence-electron chi connectivity index (χ0n) is 9.96. The number of anilines is 1. The fourth-order valence-corrected chi connectivity index (χ4v) is 2.53. The molecule has 3 heteroatoms. The Labute approximate surface area is 106 Å². The highest BCUT2D eigenvalue weighted by atomic mass is 79.9. The number of benzene rings is 1. The summed E-state index contributed by atoms with van der Waals surface area (Å²) in [4.78, 5) is 2.33. The Morgan fingerprint density at radius 3 is 2.94 bits per heavy atom. The molecular formula is C13H19BrN2. The normalized spacial score (nSPS) is 20.1. The predicted octanol–water partition coefficient (Wildman–Crippen LogP) is 2.95. The van der Waals surface area contributed by atoms with Crippen LogP contribution in [0, 0.1) is 6.92 Å². The van der Waals surface area contributed by atoms with Gasteiger partial charge in [-0.2, -0.15) is 0 Å². The fraction of sp³-hybridized carbons (Fsp3) is 0.538. The summed E-state index contributed by atoms with van der Waals surface area (Å²) in [5, 5.41) is 3.53. The number of hydrogen-bond acceptors (Lipinski definition) is 2. The van der Waals surface area contributed by atoms with Gasteiger partial charge in [0.2, 0.25) is 0 Å². The highest BCUT2D eigenvalue weighted by Gasteiger charge is 2.16. The molecule has 0 spiro atoms. The van der Waals surface area contributed by atoms with E-state index in [-0.39, 0.29) is 0 Å². The van der Waals surface area contributed by atoms with E-state index in [2.05, 4.69) is 58.3 Å². The van der Waals surface area contributed by atoms with E-state index in [9.17, 15) is 0 Å². The standard InChI is InChI=1S/C13H19BrN2/c1-10-5-6-12(8-13(10)14)16(2)9-11-4-3-7-15-11/h5-6,8,11,15H,3-4,7,9H2,1-2H3. The van der Waals surface area contributed by atoms with E-state index in [0.717, 1.165) is 6.54 Å². The summed E-state index contributed by atoms with van der Waals surface area (Å²) in [6.45, 7) is 4.39. The summed E-state index contributed by atoms with van der Waals surface area (Å²) >= 11 is 3.58. The van der Waals surface area contributed by atoms with Crippen LogP contribution in [0.3, 0.4) is 0 Å². The minimum Gasteiger partial charge on any atom is -0.373 e. The number of nitrogens with one attached hydrogen (secondary N) is 1. The molecule has 0 aromatic heterocycles. The molecule has 1 aliphatic rings. The number of likely N-dealkylation sites (N-methyl/N-ethyl adjacent to an activating group) is 1. The molecule has 0 radical (unpaired) electrons. The van der Waals surface area contributed by atoms with Gasteiger partial charge in [0.25, 0.3) is 0 Å². The van der Waals surface area contributed by atoms with Crippen LogP contribution in [-0.2, 0) is 0 Å². The van der Waals surface area contributed by atoms with Gasteiger partial charge in [-0.05, 0) is 44.0 Å². The number of nitrogens with zero attached hydrogens (tertiary/aromatic N) is 1. The molecule has 1 aromatic rings. The minimum atomic E-state index is 0.657. The zero-order chi connectivity index (χ0) is 11.5. The van der Waals surface area contributed by atoms with Crippen LogP contribution >= 0.6 is 15.9 Å². The Hall–Kier alpha value is -0.540. The van der Waals surface area contributed by atoms with Crippen molar-refractivity contribution in [1.82, 2.24) is 5.32 Å². The molecule has 16 heavy (non-hydrogen) atoms. The van der Waals surface area contributed by atoms with E-state index in [0.29, 0.717) is 6.04 Å². The van der Waals surface area contributed by atoms with Crippen LogP contribution in [0.25, 0.3) is 0 Å². The van der Waals surface area contributed by atoms with Gasteiger partial charge in [-0.15, -0.1) is 0 Å². The molecule has 0 saturated carbocycles. The van der Waals surface area contributed by atoms with Gasteiger partial charge in [0.1, 0.15) is 0 Å². The summed E-state index contributed by atoms with van der Waals surface area (Å²) in [6.07, 6.45) is 2.62. The van der Waals surface area contributed by atoms with Gasteiger partial charge in [-0.3, -0.25) is 0 Å². The van der Waals surface area contributed by atoms with Crippen LogP contribution in [-0.4, -0.2) is 26.2 Å². The maximum Gasteiger partial charge on any atom is 0.0375 e. The lowest BCUT2D eigenvalue weighted by molar-refractivity contribution is 0.600. The third-order valence-corrected chi connectivity index (χ3v) is 4.11. The van der Waals surface area contributed by atoms with Crippen molar-refractivity contribution in [3.8, 4) is 0 Å². The largest absolute Gasteiger partial charge is 0.373 e. The molecule has 1 heterocycles. The molecule has 1 aliphatic heterocycles. The Kier molecular flexibility index (Phi) is 3.87. The van der Waals surface area contributed by atoms with E-state index in [4.69, 9.17) is 0 Å². The van der Waals surface area contributed by atoms with Gasteiger partial charge in [-0.1, -0.05) is 22.0 Å². The smallest absolute Gasteiger partial charge is 0.0375 e. The second-order valence-corrected chi connectivity index (χ2v) is 5.46. The Morgan fingerprint density at radius 2 is 2.31 bits per heavy atom. The third kappa shape index (κ3) is 2.77. The summed E-state index contributed by atoms with van der Waals surface area (Å²) in [5.74, 6) is 0. The van der Waals surface area contributed by atoms with Crippen molar-refractivity contribution in [2.24, 2.45) is 0 Å². The first kappa shape index (κ1) is 11.9. The van der Waals surface area contributed by atoms with Gasteiger partial charge in [0, 0.05) is 29.8 Å². The molecule has 1 atom stereocenters. The zero-order valence-corrected chi connectivity index (χ0v) is 11.5. The van der Waals surface area contributed by atoms with Crippen LogP contribution in [0.4, 0.5) is 5.69 Å². The van der Waals surface area contributed by atoms with Crippen molar-refractivity contribution >= 4 is 21.6 Å². The molecule has 2 rings (SSSR count). The summed E-state index contributed by atoms with van der Waals surface area (Å²) in [6, 6.07) is 7.21. The Morgan fingerprint density at radius 1 is 1.50 bits per heavy atom. The molecule has 0 aliphatic carbocycles. The van der Waals surface area contributed by atoms with E-state index < -0.39 is 0 Å². The molecule has 0 amide bonds. The lowest BCUT2D eigenvalue weighted by Crippen LogP contribution is -2.35. The van der Waals surface area contributed by atoms with Gasteiger partial charge in [0.05, 0.1) is 0 Å². The van der Waals surface area contributed by atoms with E-state index in [1.54, 1.807) is 0 Å². The SMILES string of the molecule is Cc1ccc(N(C)CC2CCCN2)cc1Br. The second kappa shape index (κ2) is 5.19. The first-order chi connectivity index (χ1) is 7.66. The van der Waals surface area contributed by atoms with E-state index in [1.807, 2.05) is 0 Å². The highest BCUT2D eigenvalue weighted by Crippen LogP contribution is 2.23. The maximum atomic E-state index is 3.58. The van der Waals surface area contributed by atoms with Crippen LogP contribution in [0.1, 0.15) is 18.4 Å². The number of hydrogen-bond donors (Lipinski definition) is 1. The molecule has 0 bridgehead atoms. The third-order valence-electron chi connectivity index (χ3n) is 3.25. The van der Waals surface area contributed by atoms with Crippen molar-refractivity contribution < 1.29 is 0 Å². The first-order valence-corrected chi connectivity index (χ1v) is 6.67. The van der Waals surface area contributed by atoms with Crippen molar-refractivity contribution in [3.63, 3.8) is 0 Å². The summed E-state index contributed by atoms with van der Waals surface area (Å²) < 4.78 is 1.19. The van der Waals surface area contributed by atoms with E-state index in [1.165, 1.54) is 35.1 Å². The quantitative estimate of drug-likeness (QED) is 0.917. The van der Waals surface area contributed by atoms with Crippen LogP contribution in [0.5, 0.6) is 0 Å². The molecule has 1 saturated heterocycles. The number of rotatable bonds is 3. The van der Waals surface area contributed by atoms with Gasteiger partial charge in [0.15, 0.2) is 0 Å². The van der Waals surface area contributed by atoms with Crippen molar-refractivity contribution in [2.75, 3.05) is 25.0 Å². The van der Waals surface area contributed by atoms with Gasteiger partial charge in [-0.25, -0.2) is 0 Å². The molecule has 1 aromatic carbocycles. The van der Waals surface area contributed by atoms with Gasteiger partial charge >= 0.3 is 0 Å². The van der Waals surface area contributed by atoms with Crippen molar-refractivity contribution in [3.05, 3.63) is 28.2 Å². The Balaban J connectivity index is 2.02. The molecule has 1 fully saturated rings. The average Bonchev–Trinajstić information content (AvgIpc) is 2.74. The van der Waals surface area contributed by atoms with Gasteiger partial charge < -0.3 is 10.2 Å². The number of aryl methyl sites for hydroxylation is 1. The highest BCUT2D eigenvalue weighted by molar-refractivity contribution is 9.10. The molecule has 1 unspecified atom stereocenters. The minimum absolute atomic E-state index is 0.657. The fourth-order valence-electron chi connectivity index (χ4n) is 2.17. The Bertz CT molecular complexity index is 359. The molecular weight excluding hydrogens is 264 g/mol. The molecule has 88 valence electrons. The van der Waals surface area contributed by atoms with E-state index >= 15 is 0 Å². The lowest BCUT2D eigenvalue weighted by Gasteiger charge is -2.23. The first-order valence-electron chi connectivity index (χ1n) is 5.87. The summed E-state index contributed by atoms with van der Waals surface area (Å²) in [7, 11) is 2.16. The van der Waals surface area contributed by atoms with Crippen LogP contribution < -0.4 is 10.2 Å². The topological polar surface area (TPSA) is 15.3 Å². The average molecular weight is 283 g/mol. The molecule has 2 nitrogen and oxygen atoms in total. The lowest BCUT2D eigenvalue weighted by atomic mass is 10.2. The van der Waals surface area contributed by atoms with Crippen molar-refractivity contribution in [2.45, 2.75) is 25.8 Å².